The van der Waals surface area contributed by atoms with Crippen LogP contribution in [0.5, 0.6) is 0 Å². The number of para-hydroxylation sites is 1. The molecule has 35 heavy (non-hydrogen) atoms. The summed E-state index contributed by atoms with van der Waals surface area (Å²) in [4.78, 5) is 17.1. The number of aromatic nitrogens is 3. The van der Waals surface area contributed by atoms with Crippen LogP contribution in [0, 0.1) is 0 Å². The summed E-state index contributed by atoms with van der Waals surface area (Å²) in [6, 6.07) is 17.0. The van der Waals surface area contributed by atoms with Crippen molar-refractivity contribution in [2.75, 3.05) is 71.0 Å². The average molecular weight is 491 g/mol. The van der Waals surface area contributed by atoms with Crippen LogP contribution in [-0.2, 0) is 11.3 Å². The summed E-state index contributed by atoms with van der Waals surface area (Å²) in [5.74, 6) is 0. The zero-order chi connectivity index (χ0) is 23.8. The molecule has 0 amide bonds. The number of piperazine rings is 1. The molecule has 0 atom stereocenters. The number of rotatable bonds is 5. The molecular formula is C27H31ClN6O. The number of anilines is 1. The first-order valence-electron chi connectivity index (χ1n) is 12.5. The minimum atomic E-state index is 0.515. The molecule has 4 heterocycles. The summed E-state index contributed by atoms with van der Waals surface area (Å²) >= 11 is 6.75. The van der Waals surface area contributed by atoms with Crippen molar-refractivity contribution in [3.05, 3.63) is 53.8 Å². The maximum atomic E-state index is 6.75. The Kier molecular flexibility index (Phi) is 6.33. The Hall–Kier alpha value is -2.71. The zero-order valence-corrected chi connectivity index (χ0v) is 20.9. The molecule has 2 aliphatic heterocycles. The highest BCUT2D eigenvalue weighted by molar-refractivity contribution is 6.30. The topological polar surface area (TPSA) is 49.7 Å². The number of hydrogen-bond acceptors (Lipinski definition) is 6. The average Bonchev–Trinajstić information content (AvgIpc) is 3.24. The van der Waals surface area contributed by atoms with Crippen molar-refractivity contribution < 1.29 is 4.74 Å². The van der Waals surface area contributed by atoms with Crippen LogP contribution in [0.25, 0.3) is 33.2 Å². The largest absolute Gasteiger partial charge is 0.379 e. The van der Waals surface area contributed by atoms with Crippen LogP contribution in [0.2, 0.25) is 5.28 Å². The van der Waals surface area contributed by atoms with Gasteiger partial charge in [-0.15, -0.1) is 0 Å². The van der Waals surface area contributed by atoms with Crippen LogP contribution in [0.4, 0.5) is 5.69 Å². The molecule has 2 aromatic carbocycles. The molecule has 0 unspecified atom stereocenters. The standard InChI is InChI=1S/C27H31ClN6O/c1-31-10-13-33(14-11-31)21-8-6-20(7-9-21)24-25-26(22-4-2-3-5-23(22)29-24)34(27(28)30-25)15-12-32-16-18-35-19-17-32/h2-9H,10-19H2,1H3. The molecule has 2 fully saturated rings. The van der Waals surface area contributed by atoms with E-state index in [0.717, 1.165) is 98.8 Å². The summed E-state index contributed by atoms with van der Waals surface area (Å²) < 4.78 is 7.66. The number of fused-ring (bicyclic) bond motifs is 3. The van der Waals surface area contributed by atoms with Crippen LogP contribution in [0.3, 0.4) is 0 Å². The number of hydrogen-bond donors (Lipinski definition) is 0. The Bertz CT molecular complexity index is 1320. The normalized spacial score (nSPS) is 18.1. The van der Waals surface area contributed by atoms with E-state index >= 15 is 0 Å². The number of pyridine rings is 1. The lowest BCUT2D eigenvalue weighted by molar-refractivity contribution is 0.0365. The second-order valence-corrected chi connectivity index (χ2v) is 9.84. The van der Waals surface area contributed by atoms with Crippen molar-refractivity contribution in [1.29, 1.82) is 0 Å². The molecule has 6 rings (SSSR count). The molecule has 0 saturated carbocycles. The number of morpholine rings is 1. The first-order chi connectivity index (χ1) is 17.2. The Morgan fingerprint density at radius 2 is 1.60 bits per heavy atom. The fourth-order valence-corrected chi connectivity index (χ4v) is 5.43. The van der Waals surface area contributed by atoms with Crippen molar-refractivity contribution in [2.24, 2.45) is 0 Å². The SMILES string of the molecule is CN1CCN(c2ccc(-c3nc4ccccc4c4c3nc(Cl)n4CCN3CCOCC3)cc2)CC1. The van der Waals surface area contributed by atoms with E-state index in [9.17, 15) is 0 Å². The zero-order valence-electron chi connectivity index (χ0n) is 20.2. The fourth-order valence-electron chi connectivity index (χ4n) is 5.17. The van der Waals surface area contributed by atoms with E-state index in [4.69, 9.17) is 26.3 Å². The summed E-state index contributed by atoms with van der Waals surface area (Å²) in [7, 11) is 2.18. The molecule has 4 aromatic rings. The van der Waals surface area contributed by atoms with Gasteiger partial charge in [-0.1, -0.05) is 30.3 Å². The second-order valence-electron chi connectivity index (χ2n) is 9.50. The number of halogens is 1. The number of nitrogens with zero attached hydrogens (tertiary/aromatic N) is 6. The molecule has 0 spiro atoms. The number of benzene rings is 2. The van der Waals surface area contributed by atoms with Gasteiger partial charge in [0, 0.05) is 69.0 Å². The third kappa shape index (κ3) is 4.49. The quantitative estimate of drug-likeness (QED) is 0.421. The van der Waals surface area contributed by atoms with Gasteiger partial charge in [0.25, 0.3) is 0 Å². The van der Waals surface area contributed by atoms with Crippen LogP contribution in [0.1, 0.15) is 0 Å². The number of imidazole rings is 1. The van der Waals surface area contributed by atoms with Gasteiger partial charge < -0.3 is 19.1 Å². The van der Waals surface area contributed by atoms with Gasteiger partial charge in [-0.25, -0.2) is 9.97 Å². The molecule has 2 aromatic heterocycles. The molecule has 0 bridgehead atoms. The van der Waals surface area contributed by atoms with Gasteiger partial charge in [0.2, 0.25) is 5.28 Å². The van der Waals surface area contributed by atoms with E-state index in [0.29, 0.717) is 5.28 Å². The second kappa shape index (κ2) is 9.74. The highest BCUT2D eigenvalue weighted by Crippen LogP contribution is 2.35. The molecule has 0 N–H and O–H groups in total. The maximum absolute atomic E-state index is 6.75. The van der Waals surface area contributed by atoms with E-state index in [-0.39, 0.29) is 0 Å². The van der Waals surface area contributed by atoms with E-state index in [2.05, 4.69) is 68.8 Å². The Morgan fingerprint density at radius 3 is 2.37 bits per heavy atom. The van der Waals surface area contributed by atoms with E-state index in [1.54, 1.807) is 0 Å². The molecule has 2 saturated heterocycles. The van der Waals surface area contributed by atoms with E-state index in [1.807, 2.05) is 6.07 Å². The van der Waals surface area contributed by atoms with Crippen molar-refractivity contribution in [1.82, 2.24) is 24.3 Å². The van der Waals surface area contributed by atoms with Gasteiger partial charge in [-0.3, -0.25) is 4.90 Å². The Balaban J connectivity index is 1.38. The van der Waals surface area contributed by atoms with Crippen LogP contribution in [-0.4, -0.2) is 90.4 Å². The van der Waals surface area contributed by atoms with Gasteiger partial charge in [0.1, 0.15) is 5.52 Å². The minimum absolute atomic E-state index is 0.515. The summed E-state index contributed by atoms with van der Waals surface area (Å²) in [6.07, 6.45) is 0. The van der Waals surface area contributed by atoms with Gasteiger partial charge in [-0.05, 0) is 36.8 Å². The Labute approximate surface area is 210 Å². The van der Waals surface area contributed by atoms with Crippen LogP contribution >= 0.6 is 11.6 Å². The predicted octanol–water partition coefficient (Wildman–Crippen LogP) is 3.99. The van der Waals surface area contributed by atoms with E-state index < -0.39 is 0 Å². The molecule has 8 heteroatoms. The van der Waals surface area contributed by atoms with Gasteiger partial charge in [-0.2, -0.15) is 0 Å². The van der Waals surface area contributed by atoms with Crippen molar-refractivity contribution in [3.8, 4) is 11.3 Å². The smallest absolute Gasteiger partial charge is 0.203 e. The van der Waals surface area contributed by atoms with Gasteiger partial charge in [0.15, 0.2) is 0 Å². The van der Waals surface area contributed by atoms with E-state index in [1.165, 1.54) is 5.69 Å². The molecule has 182 valence electrons. The first-order valence-corrected chi connectivity index (χ1v) is 12.8. The van der Waals surface area contributed by atoms with Crippen LogP contribution < -0.4 is 4.90 Å². The van der Waals surface area contributed by atoms with Crippen molar-refractivity contribution in [2.45, 2.75) is 6.54 Å². The molecule has 0 radical (unpaired) electrons. The highest BCUT2D eigenvalue weighted by atomic mass is 35.5. The maximum Gasteiger partial charge on any atom is 0.203 e. The predicted molar refractivity (Wildman–Crippen MR) is 142 cm³/mol. The summed E-state index contributed by atoms with van der Waals surface area (Å²) in [6.45, 7) is 9.48. The van der Waals surface area contributed by atoms with Crippen molar-refractivity contribution >= 4 is 39.2 Å². The molecule has 2 aliphatic rings. The Morgan fingerprint density at radius 1 is 0.857 bits per heavy atom. The fraction of sp³-hybridized carbons (Fsp3) is 0.407. The van der Waals surface area contributed by atoms with Gasteiger partial charge >= 0.3 is 0 Å². The monoisotopic (exact) mass is 490 g/mol. The summed E-state index contributed by atoms with van der Waals surface area (Å²) in [5, 5.41) is 1.60. The molecule has 0 aliphatic carbocycles. The lowest BCUT2D eigenvalue weighted by Gasteiger charge is -2.34. The third-order valence-electron chi connectivity index (χ3n) is 7.29. The van der Waals surface area contributed by atoms with Crippen LogP contribution in [0.15, 0.2) is 48.5 Å². The number of ether oxygens (including phenoxy) is 1. The summed E-state index contributed by atoms with van der Waals surface area (Å²) in [5.41, 5.74) is 6.09. The first kappa shape index (κ1) is 22.7. The minimum Gasteiger partial charge on any atom is -0.379 e. The lowest BCUT2D eigenvalue weighted by Crippen LogP contribution is -2.44. The highest BCUT2D eigenvalue weighted by Gasteiger charge is 2.20. The number of likely N-dealkylation sites (N-methyl/N-ethyl adjacent to an activating group) is 1. The molecule has 7 nitrogen and oxygen atoms in total. The van der Waals surface area contributed by atoms with Gasteiger partial charge in [0.05, 0.1) is 29.9 Å². The van der Waals surface area contributed by atoms with Crippen molar-refractivity contribution in [3.63, 3.8) is 0 Å². The third-order valence-corrected chi connectivity index (χ3v) is 7.58. The molecular weight excluding hydrogens is 460 g/mol. The lowest BCUT2D eigenvalue weighted by atomic mass is 10.1.